The molecule has 2 rings (SSSR count). The fourth-order valence-corrected chi connectivity index (χ4v) is 3.23. The van der Waals surface area contributed by atoms with E-state index in [1.54, 1.807) is 23.1 Å². The van der Waals surface area contributed by atoms with Crippen LogP contribution in [0.1, 0.15) is 43.6 Å². The van der Waals surface area contributed by atoms with Crippen LogP contribution in [-0.4, -0.2) is 23.8 Å². The molecule has 0 bridgehead atoms. The smallest absolute Gasteiger partial charge is 0.248 e. The largest absolute Gasteiger partial charge is 0.366 e. The van der Waals surface area contributed by atoms with Gasteiger partial charge in [0.25, 0.3) is 0 Å². The molecule has 1 fully saturated rings. The Labute approximate surface area is 138 Å². The van der Waals surface area contributed by atoms with Crippen molar-refractivity contribution in [2.75, 3.05) is 7.05 Å². The summed E-state index contributed by atoms with van der Waals surface area (Å²) in [6.07, 6.45) is 2.20. The summed E-state index contributed by atoms with van der Waals surface area (Å²) < 4.78 is 0. The number of hydrogen-bond acceptors (Lipinski definition) is 2. The number of benzene rings is 1. The van der Waals surface area contributed by atoms with Crippen LogP contribution < -0.4 is 5.73 Å². The van der Waals surface area contributed by atoms with Crippen molar-refractivity contribution in [1.82, 2.24) is 4.90 Å². The van der Waals surface area contributed by atoms with Crippen molar-refractivity contribution >= 4 is 11.8 Å². The predicted octanol–water partition coefficient (Wildman–Crippen LogP) is 2.98. The molecule has 1 aliphatic carbocycles. The van der Waals surface area contributed by atoms with Crippen molar-refractivity contribution in [3.05, 3.63) is 47.0 Å². The number of amides is 2. The summed E-state index contributed by atoms with van der Waals surface area (Å²) in [7, 11) is 1.81. The zero-order chi connectivity index (χ0) is 17.4. The zero-order valence-electron chi connectivity index (χ0n) is 14.6. The van der Waals surface area contributed by atoms with E-state index in [1.807, 2.05) is 13.1 Å². The molecule has 0 saturated heterocycles. The molecule has 0 radical (unpaired) electrons. The molecular formula is C19H26N2O2. The van der Waals surface area contributed by atoms with Gasteiger partial charge in [-0.3, -0.25) is 9.59 Å². The number of carbonyl (C=O) groups is 2. The van der Waals surface area contributed by atoms with Crippen LogP contribution in [0, 0.1) is 17.3 Å². The van der Waals surface area contributed by atoms with Gasteiger partial charge in [-0.15, -0.1) is 0 Å². The minimum Gasteiger partial charge on any atom is -0.366 e. The van der Waals surface area contributed by atoms with Gasteiger partial charge < -0.3 is 10.6 Å². The van der Waals surface area contributed by atoms with Crippen LogP contribution >= 0.6 is 0 Å². The minimum atomic E-state index is -0.451. The van der Waals surface area contributed by atoms with Crippen molar-refractivity contribution in [2.24, 2.45) is 23.0 Å². The quantitative estimate of drug-likeness (QED) is 0.849. The van der Waals surface area contributed by atoms with Crippen molar-refractivity contribution in [3.63, 3.8) is 0 Å². The normalized spacial score (nSPS) is 21.4. The summed E-state index contributed by atoms with van der Waals surface area (Å²) in [5, 5.41) is 0. The van der Waals surface area contributed by atoms with Crippen molar-refractivity contribution in [1.29, 1.82) is 0 Å². The van der Waals surface area contributed by atoms with Crippen LogP contribution in [0.5, 0.6) is 0 Å². The standard InChI is InChI=1S/C19H26N2O2/c1-12(2)9-15-16(19(15,3)4)18(23)21(5)11-13-7-6-8-14(10-13)17(20)22/h6-10,15-16H,11H2,1-5H3,(H2,20,22)/t15-,16-/m1/s1. The second-order valence-corrected chi connectivity index (χ2v) is 7.33. The molecule has 2 N–H and O–H groups in total. The maximum atomic E-state index is 12.7. The first-order chi connectivity index (χ1) is 10.6. The van der Waals surface area contributed by atoms with Gasteiger partial charge in [0, 0.05) is 19.2 Å². The summed E-state index contributed by atoms with van der Waals surface area (Å²) in [6.45, 7) is 8.89. The van der Waals surface area contributed by atoms with Gasteiger partial charge in [0.2, 0.25) is 11.8 Å². The van der Waals surface area contributed by atoms with Gasteiger partial charge in [0.05, 0.1) is 5.92 Å². The second kappa shape index (κ2) is 6.19. The molecule has 2 amide bonds. The average Bonchev–Trinajstić information content (AvgIpc) is 2.98. The molecule has 124 valence electrons. The Morgan fingerprint density at radius 2 is 1.96 bits per heavy atom. The SMILES string of the molecule is CC(C)=C[C@@H]1[C@H](C(=O)N(C)Cc2cccc(C(N)=O)c2)C1(C)C. The van der Waals surface area contributed by atoms with Crippen molar-refractivity contribution < 1.29 is 9.59 Å². The number of primary amides is 1. The Hall–Kier alpha value is -2.10. The summed E-state index contributed by atoms with van der Waals surface area (Å²) in [4.78, 5) is 25.7. The highest BCUT2D eigenvalue weighted by Crippen LogP contribution is 2.60. The maximum absolute atomic E-state index is 12.7. The van der Waals surface area contributed by atoms with Gasteiger partial charge in [-0.25, -0.2) is 0 Å². The average molecular weight is 314 g/mol. The molecular weight excluding hydrogens is 288 g/mol. The Balaban J connectivity index is 2.08. The summed E-state index contributed by atoms with van der Waals surface area (Å²) >= 11 is 0. The van der Waals surface area contributed by atoms with Crippen LogP contribution in [-0.2, 0) is 11.3 Å². The van der Waals surface area contributed by atoms with E-state index in [9.17, 15) is 9.59 Å². The highest BCUT2D eigenvalue weighted by molar-refractivity contribution is 5.93. The molecule has 1 aromatic carbocycles. The van der Waals surface area contributed by atoms with E-state index in [-0.39, 0.29) is 17.2 Å². The molecule has 0 aliphatic heterocycles. The molecule has 0 aromatic heterocycles. The summed E-state index contributed by atoms with van der Waals surface area (Å²) in [5.41, 5.74) is 7.94. The van der Waals surface area contributed by atoms with Crippen molar-refractivity contribution in [3.8, 4) is 0 Å². The van der Waals surface area contributed by atoms with Gasteiger partial charge >= 0.3 is 0 Å². The van der Waals surface area contributed by atoms with Gasteiger partial charge in [-0.05, 0) is 42.9 Å². The van der Waals surface area contributed by atoms with Gasteiger partial charge in [-0.1, -0.05) is 37.6 Å². The Morgan fingerprint density at radius 1 is 1.30 bits per heavy atom. The monoisotopic (exact) mass is 314 g/mol. The van der Waals surface area contributed by atoms with Crippen LogP contribution in [0.3, 0.4) is 0 Å². The first-order valence-electron chi connectivity index (χ1n) is 7.93. The summed E-state index contributed by atoms with van der Waals surface area (Å²) in [5.74, 6) is 0.0379. The third-order valence-electron chi connectivity index (χ3n) is 4.70. The fraction of sp³-hybridized carbons (Fsp3) is 0.474. The maximum Gasteiger partial charge on any atom is 0.248 e. The lowest BCUT2D eigenvalue weighted by molar-refractivity contribution is -0.132. The number of allylic oxidation sites excluding steroid dienone is 2. The van der Waals surface area contributed by atoms with Gasteiger partial charge in [-0.2, -0.15) is 0 Å². The third kappa shape index (κ3) is 3.63. The van der Waals surface area contributed by atoms with Crippen LogP contribution in [0.2, 0.25) is 0 Å². The van der Waals surface area contributed by atoms with E-state index in [0.717, 1.165) is 5.56 Å². The molecule has 0 unspecified atom stereocenters. The number of nitrogens with zero attached hydrogens (tertiary/aromatic N) is 1. The topological polar surface area (TPSA) is 63.4 Å². The first kappa shape index (κ1) is 17.3. The predicted molar refractivity (Wildman–Crippen MR) is 91.6 cm³/mol. The molecule has 2 atom stereocenters. The lowest BCUT2D eigenvalue weighted by Gasteiger charge is -2.18. The molecule has 23 heavy (non-hydrogen) atoms. The fourth-order valence-electron chi connectivity index (χ4n) is 3.23. The van der Waals surface area contributed by atoms with E-state index in [1.165, 1.54) is 5.57 Å². The van der Waals surface area contributed by atoms with Crippen LogP contribution in [0.25, 0.3) is 0 Å². The van der Waals surface area contributed by atoms with Crippen LogP contribution in [0.4, 0.5) is 0 Å². The zero-order valence-corrected chi connectivity index (χ0v) is 14.6. The molecule has 4 heteroatoms. The first-order valence-corrected chi connectivity index (χ1v) is 7.93. The number of carbonyl (C=O) groups excluding carboxylic acids is 2. The van der Waals surface area contributed by atoms with E-state index in [2.05, 4.69) is 33.8 Å². The lowest BCUT2D eigenvalue weighted by atomic mass is 10.1. The molecule has 1 aromatic rings. The van der Waals surface area contributed by atoms with Crippen molar-refractivity contribution in [2.45, 2.75) is 34.2 Å². The Morgan fingerprint density at radius 3 is 2.52 bits per heavy atom. The summed E-state index contributed by atoms with van der Waals surface area (Å²) in [6, 6.07) is 7.13. The van der Waals surface area contributed by atoms with Gasteiger partial charge in [0.1, 0.15) is 0 Å². The minimum absolute atomic E-state index is 0.0116. The Bertz CT molecular complexity index is 657. The van der Waals surface area contributed by atoms with E-state index in [0.29, 0.717) is 18.0 Å². The third-order valence-corrected chi connectivity index (χ3v) is 4.70. The second-order valence-electron chi connectivity index (χ2n) is 7.33. The lowest BCUT2D eigenvalue weighted by Crippen LogP contribution is -2.29. The molecule has 0 spiro atoms. The molecule has 0 heterocycles. The number of rotatable bonds is 5. The van der Waals surface area contributed by atoms with Crippen LogP contribution in [0.15, 0.2) is 35.9 Å². The highest BCUT2D eigenvalue weighted by atomic mass is 16.2. The molecule has 1 aliphatic rings. The highest BCUT2D eigenvalue weighted by Gasteiger charge is 2.60. The Kier molecular flexibility index (Phi) is 4.64. The molecule has 1 saturated carbocycles. The van der Waals surface area contributed by atoms with E-state index in [4.69, 9.17) is 5.73 Å². The van der Waals surface area contributed by atoms with E-state index >= 15 is 0 Å². The van der Waals surface area contributed by atoms with E-state index < -0.39 is 5.91 Å². The number of nitrogens with two attached hydrogens (primary N) is 1. The number of hydrogen-bond donors (Lipinski definition) is 1. The molecule has 4 nitrogen and oxygen atoms in total. The van der Waals surface area contributed by atoms with Gasteiger partial charge in [0.15, 0.2) is 0 Å².